The summed E-state index contributed by atoms with van der Waals surface area (Å²) in [5.41, 5.74) is 4.02. The van der Waals surface area contributed by atoms with Crippen LogP contribution in [0.2, 0.25) is 0 Å². The molecule has 116 valence electrons. The third-order valence-corrected chi connectivity index (χ3v) is 4.46. The largest absolute Gasteiger partial charge is 0.495 e. The number of amides is 1. The second kappa shape index (κ2) is 6.67. The molecule has 0 spiro atoms. The maximum absolute atomic E-state index is 12.5. The van der Waals surface area contributed by atoms with Gasteiger partial charge in [-0.25, -0.2) is 0 Å². The average molecular weight is 323 g/mol. The van der Waals surface area contributed by atoms with Crippen LogP contribution in [0.25, 0.3) is 11.1 Å². The number of carbonyl (C=O) groups excluding carboxylic acids is 1. The minimum Gasteiger partial charge on any atom is -0.495 e. The molecule has 0 fully saturated rings. The minimum absolute atomic E-state index is 0.155. The van der Waals surface area contributed by atoms with Gasteiger partial charge in [0, 0.05) is 11.3 Å². The van der Waals surface area contributed by atoms with E-state index in [2.05, 4.69) is 11.4 Å². The smallest absolute Gasteiger partial charge is 0.269 e. The molecule has 3 aromatic rings. The predicted molar refractivity (Wildman–Crippen MR) is 95.4 cm³/mol. The molecule has 0 aliphatic rings. The molecule has 0 aliphatic heterocycles. The van der Waals surface area contributed by atoms with Gasteiger partial charge in [0.1, 0.15) is 10.6 Å². The Bertz CT molecular complexity index is 824. The van der Waals surface area contributed by atoms with Gasteiger partial charge in [-0.15, -0.1) is 11.3 Å². The lowest BCUT2D eigenvalue weighted by atomic mass is 10.0. The summed E-state index contributed by atoms with van der Waals surface area (Å²) in [6, 6.07) is 17.9. The fraction of sp³-hybridized carbons (Fsp3) is 0.105. The number of hydrogen-bond donors (Lipinski definition) is 1. The van der Waals surface area contributed by atoms with Crippen LogP contribution in [0.5, 0.6) is 5.75 Å². The van der Waals surface area contributed by atoms with Crippen LogP contribution in [0.1, 0.15) is 15.2 Å². The topological polar surface area (TPSA) is 38.3 Å². The van der Waals surface area contributed by atoms with Crippen molar-refractivity contribution in [2.45, 2.75) is 6.92 Å². The number of hydrogen-bond acceptors (Lipinski definition) is 3. The summed E-state index contributed by atoms with van der Waals surface area (Å²) in [5, 5.41) is 4.85. The molecule has 0 atom stereocenters. The van der Waals surface area contributed by atoms with Crippen LogP contribution in [0.15, 0.2) is 60.0 Å². The van der Waals surface area contributed by atoms with Crippen LogP contribution in [0.4, 0.5) is 5.69 Å². The highest BCUT2D eigenvalue weighted by Gasteiger charge is 2.16. The lowest BCUT2D eigenvalue weighted by Gasteiger charge is -2.12. The first-order valence-electron chi connectivity index (χ1n) is 7.28. The number of benzene rings is 2. The van der Waals surface area contributed by atoms with Gasteiger partial charge >= 0.3 is 0 Å². The van der Waals surface area contributed by atoms with E-state index in [0.717, 1.165) is 22.4 Å². The van der Waals surface area contributed by atoms with Gasteiger partial charge in [0.05, 0.1) is 7.11 Å². The molecule has 0 saturated heterocycles. The summed E-state index contributed by atoms with van der Waals surface area (Å²) in [7, 11) is 1.57. The van der Waals surface area contributed by atoms with Crippen LogP contribution < -0.4 is 10.1 Å². The van der Waals surface area contributed by atoms with E-state index in [9.17, 15) is 4.79 Å². The van der Waals surface area contributed by atoms with E-state index in [-0.39, 0.29) is 5.91 Å². The van der Waals surface area contributed by atoms with Crippen LogP contribution in [-0.2, 0) is 0 Å². The van der Waals surface area contributed by atoms with Crippen molar-refractivity contribution >= 4 is 22.9 Å². The van der Waals surface area contributed by atoms with Crippen LogP contribution in [0.3, 0.4) is 0 Å². The van der Waals surface area contributed by atoms with Gasteiger partial charge in [-0.3, -0.25) is 4.79 Å². The number of aryl methyl sites for hydroxylation is 1. The van der Waals surface area contributed by atoms with E-state index >= 15 is 0 Å². The van der Waals surface area contributed by atoms with Crippen LogP contribution >= 0.6 is 11.3 Å². The number of carbonyl (C=O) groups is 1. The van der Waals surface area contributed by atoms with Crippen molar-refractivity contribution in [2.75, 3.05) is 12.4 Å². The van der Waals surface area contributed by atoms with Crippen LogP contribution in [-0.4, -0.2) is 13.0 Å². The van der Waals surface area contributed by atoms with Crippen molar-refractivity contribution in [3.63, 3.8) is 0 Å². The number of nitrogens with one attached hydrogen (secondary N) is 1. The predicted octanol–water partition coefficient (Wildman–Crippen LogP) is 4.98. The van der Waals surface area contributed by atoms with E-state index in [1.807, 2.05) is 54.8 Å². The quantitative estimate of drug-likeness (QED) is 0.735. The van der Waals surface area contributed by atoms with E-state index in [1.54, 1.807) is 13.2 Å². The van der Waals surface area contributed by atoms with Gasteiger partial charge in [-0.2, -0.15) is 0 Å². The number of rotatable bonds is 4. The SMILES string of the molecule is COc1ccsc1C(=O)Nc1ccc(C)cc1-c1ccccc1. The molecule has 0 unspecified atom stereocenters. The molecule has 0 saturated carbocycles. The van der Waals surface area contributed by atoms with Gasteiger partial charge in [0.15, 0.2) is 0 Å². The first-order valence-corrected chi connectivity index (χ1v) is 8.16. The second-order valence-corrected chi connectivity index (χ2v) is 6.10. The summed E-state index contributed by atoms with van der Waals surface area (Å²) < 4.78 is 5.23. The Morgan fingerprint density at radius 1 is 1.09 bits per heavy atom. The highest BCUT2D eigenvalue weighted by atomic mass is 32.1. The van der Waals surface area contributed by atoms with Gasteiger partial charge < -0.3 is 10.1 Å². The molecule has 1 N–H and O–H groups in total. The van der Waals surface area contributed by atoms with Crippen molar-refractivity contribution in [3.8, 4) is 16.9 Å². The average Bonchev–Trinajstić information content (AvgIpc) is 3.06. The molecule has 1 aromatic heterocycles. The van der Waals surface area contributed by atoms with Crippen molar-refractivity contribution in [3.05, 3.63) is 70.4 Å². The Labute approximate surface area is 139 Å². The number of anilines is 1. The fourth-order valence-electron chi connectivity index (χ4n) is 2.43. The lowest BCUT2D eigenvalue weighted by molar-refractivity contribution is 0.102. The Morgan fingerprint density at radius 2 is 1.87 bits per heavy atom. The highest BCUT2D eigenvalue weighted by Crippen LogP contribution is 2.31. The number of thiophene rings is 1. The van der Waals surface area contributed by atoms with Crippen molar-refractivity contribution in [1.82, 2.24) is 0 Å². The monoisotopic (exact) mass is 323 g/mol. The molecule has 0 aliphatic carbocycles. The second-order valence-electron chi connectivity index (χ2n) is 5.19. The molecule has 0 bridgehead atoms. The molecule has 3 rings (SSSR count). The minimum atomic E-state index is -0.155. The summed E-state index contributed by atoms with van der Waals surface area (Å²) in [5.74, 6) is 0.443. The van der Waals surface area contributed by atoms with Crippen molar-refractivity contribution < 1.29 is 9.53 Å². The Hall–Kier alpha value is -2.59. The third-order valence-electron chi connectivity index (χ3n) is 3.56. The Morgan fingerprint density at radius 3 is 2.61 bits per heavy atom. The zero-order valence-corrected chi connectivity index (χ0v) is 13.8. The maximum Gasteiger partial charge on any atom is 0.269 e. The summed E-state index contributed by atoms with van der Waals surface area (Å²) in [6.45, 7) is 2.04. The van der Waals surface area contributed by atoms with Gasteiger partial charge in [0.25, 0.3) is 5.91 Å². The van der Waals surface area contributed by atoms with Crippen molar-refractivity contribution in [1.29, 1.82) is 0 Å². The molecule has 4 heteroatoms. The fourth-order valence-corrected chi connectivity index (χ4v) is 3.18. The number of ether oxygens (including phenoxy) is 1. The normalized spacial score (nSPS) is 10.3. The molecule has 2 aromatic carbocycles. The Balaban J connectivity index is 1.96. The standard InChI is InChI=1S/C19H17NO2S/c1-13-8-9-16(15(12-13)14-6-4-3-5-7-14)20-19(21)18-17(22-2)10-11-23-18/h3-12H,1-2H3,(H,20,21). The zero-order valence-electron chi connectivity index (χ0n) is 13.0. The molecule has 1 amide bonds. The van der Waals surface area contributed by atoms with E-state index in [0.29, 0.717) is 10.6 Å². The van der Waals surface area contributed by atoms with E-state index in [4.69, 9.17) is 4.74 Å². The molecule has 1 heterocycles. The Kier molecular flexibility index (Phi) is 4.44. The summed E-state index contributed by atoms with van der Waals surface area (Å²) in [4.78, 5) is 13.1. The maximum atomic E-state index is 12.5. The van der Waals surface area contributed by atoms with Gasteiger partial charge in [0.2, 0.25) is 0 Å². The zero-order chi connectivity index (χ0) is 16.2. The van der Waals surface area contributed by atoms with E-state index in [1.165, 1.54) is 11.3 Å². The summed E-state index contributed by atoms with van der Waals surface area (Å²) >= 11 is 1.37. The first-order chi connectivity index (χ1) is 11.2. The molecule has 23 heavy (non-hydrogen) atoms. The third kappa shape index (κ3) is 3.27. The molecule has 0 radical (unpaired) electrons. The molecular weight excluding hydrogens is 306 g/mol. The first kappa shape index (κ1) is 15.3. The molecule has 3 nitrogen and oxygen atoms in total. The molecular formula is C19H17NO2S. The van der Waals surface area contributed by atoms with Crippen LogP contribution in [0, 0.1) is 6.92 Å². The lowest BCUT2D eigenvalue weighted by Crippen LogP contribution is -2.12. The number of methoxy groups -OCH3 is 1. The summed E-state index contributed by atoms with van der Waals surface area (Å²) in [6.07, 6.45) is 0. The van der Waals surface area contributed by atoms with Crippen molar-refractivity contribution in [2.24, 2.45) is 0 Å². The van der Waals surface area contributed by atoms with Gasteiger partial charge in [-0.1, -0.05) is 42.0 Å². The van der Waals surface area contributed by atoms with Gasteiger partial charge in [-0.05, 0) is 36.1 Å². The highest BCUT2D eigenvalue weighted by molar-refractivity contribution is 7.12. The van der Waals surface area contributed by atoms with E-state index < -0.39 is 0 Å².